The van der Waals surface area contributed by atoms with Crippen LogP contribution in [0.4, 0.5) is 0 Å². The van der Waals surface area contributed by atoms with E-state index in [0.717, 1.165) is 0 Å². The maximum absolute atomic E-state index is 2.30. The van der Waals surface area contributed by atoms with Crippen LogP contribution < -0.4 is 0 Å². The van der Waals surface area contributed by atoms with Crippen LogP contribution >= 0.6 is 11.3 Å². The third-order valence-electron chi connectivity index (χ3n) is 1.93. The summed E-state index contributed by atoms with van der Waals surface area (Å²) in [5.74, 6) is 0. The molecule has 0 spiro atoms. The van der Waals surface area contributed by atoms with E-state index in [1.807, 2.05) is 25.2 Å². The van der Waals surface area contributed by atoms with Crippen LogP contribution in [-0.2, 0) is 6.42 Å². The third-order valence-corrected chi connectivity index (χ3v) is 2.92. The van der Waals surface area contributed by atoms with Crippen molar-refractivity contribution in [3.8, 4) is 0 Å². The Bertz CT molecular complexity index is 281. The lowest BCUT2D eigenvalue weighted by molar-refractivity contribution is 0.948. The Kier molecular flexibility index (Phi) is 8.40. The van der Waals surface area contributed by atoms with Gasteiger partial charge in [0, 0.05) is 4.88 Å². The van der Waals surface area contributed by atoms with Crippen molar-refractivity contribution in [3.05, 3.63) is 27.5 Å². The third kappa shape index (κ3) is 5.17. The average Bonchev–Trinajstić information content (AvgIpc) is 2.69. The zero-order chi connectivity index (χ0) is 11.7. The highest BCUT2D eigenvalue weighted by Crippen LogP contribution is 2.27. The smallest absolute Gasteiger partial charge is 0.0121 e. The summed E-state index contributed by atoms with van der Waals surface area (Å²) in [7, 11) is 0. The second-order valence-corrected chi connectivity index (χ2v) is 4.50. The van der Waals surface area contributed by atoms with E-state index in [2.05, 4.69) is 38.3 Å². The van der Waals surface area contributed by atoms with Crippen LogP contribution in [0.5, 0.6) is 0 Å². The van der Waals surface area contributed by atoms with Gasteiger partial charge >= 0.3 is 0 Å². The predicted octanol–water partition coefficient (Wildman–Crippen LogP) is 5.54. The largest absolute Gasteiger partial charge is 0.148 e. The van der Waals surface area contributed by atoms with E-state index < -0.39 is 0 Å². The first-order valence-electron chi connectivity index (χ1n) is 6.01. The Labute approximate surface area is 99.0 Å². The van der Waals surface area contributed by atoms with Crippen LogP contribution in [0.2, 0.25) is 0 Å². The number of allylic oxidation sites excluding steroid dienone is 1. The van der Waals surface area contributed by atoms with Crippen LogP contribution in [0, 0.1) is 0 Å². The van der Waals surface area contributed by atoms with Crippen LogP contribution in [0.1, 0.15) is 57.9 Å². The summed E-state index contributed by atoms with van der Waals surface area (Å²) in [4.78, 5) is 1.56. The quantitative estimate of drug-likeness (QED) is 0.543. The van der Waals surface area contributed by atoms with Crippen molar-refractivity contribution in [1.29, 1.82) is 0 Å². The number of aryl methyl sites for hydroxylation is 1. The maximum atomic E-state index is 2.30. The topological polar surface area (TPSA) is 0 Å². The Morgan fingerprint density at radius 1 is 1.20 bits per heavy atom. The summed E-state index contributed by atoms with van der Waals surface area (Å²) in [6, 6.07) is 2.21. The molecule has 2 rings (SSSR count). The van der Waals surface area contributed by atoms with Gasteiger partial charge in [-0.1, -0.05) is 45.8 Å². The summed E-state index contributed by atoms with van der Waals surface area (Å²) in [6.45, 7) is 10.5. The number of fused-ring (bicyclic) bond motifs is 1. The minimum Gasteiger partial charge on any atom is -0.148 e. The summed E-state index contributed by atoms with van der Waals surface area (Å²) >= 11 is 1.88. The van der Waals surface area contributed by atoms with Crippen molar-refractivity contribution in [1.82, 2.24) is 0 Å². The van der Waals surface area contributed by atoms with E-state index in [4.69, 9.17) is 0 Å². The van der Waals surface area contributed by atoms with E-state index in [9.17, 15) is 0 Å². The van der Waals surface area contributed by atoms with Gasteiger partial charge in [-0.15, -0.1) is 11.3 Å². The van der Waals surface area contributed by atoms with Gasteiger partial charge in [-0.25, -0.2) is 0 Å². The van der Waals surface area contributed by atoms with Gasteiger partial charge in [-0.05, 0) is 36.8 Å². The summed E-state index contributed by atoms with van der Waals surface area (Å²) in [5.41, 5.74) is 2.97. The highest BCUT2D eigenvalue weighted by molar-refractivity contribution is 7.10. The van der Waals surface area contributed by atoms with Crippen molar-refractivity contribution >= 4 is 17.4 Å². The summed E-state index contributed by atoms with van der Waals surface area (Å²) < 4.78 is 0. The monoisotopic (exact) mass is 224 g/mol. The number of hydrogen-bond donors (Lipinski definition) is 0. The van der Waals surface area contributed by atoms with Gasteiger partial charge in [0.1, 0.15) is 0 Å². The van der Waals surface area contributed by atoms with Crippen molar-refractivity contribution in [3.63, 3.8) is 0 Å². The van der Waals surface area contributed by atoms with Crippen molar-refractivity contribution in [2.75, 3.05) is 0 Å². The van der Waals surface area contributed by atoms with E-state index >= 15 is 0 Å². The molecule has 15 heavy (non-hydrogen) atoms. The molecule has 1 aromatic heterocycles. The molecule has 0 fully saturated rings. The molecule has 0 bridgehead atoms. The second-order valence-electron chi connectivity index (χ2n) is 3.50. The van der Waals surface area contributed by atoms with Gasteiger partial charge in [0.2, 0.25) is 0 Å². The van der Waals surface area contributed by atoms with E-state index in [1.165, 1.54) is 30.4 Å². The van der Waals surface area contributed by atoms with Crippen molar-refractivity contribution in [2.45, 2.75) is 53.9 Å². The van der Waals surface area contributed by atoms with Gasteiger partial charge in [0.25, 0.3) is 0 Å². The van der Waals surface area contributed by atoms with Gasteiger partial charge in [0.15, 0.2) is 0 Å². The Morgan fingerprint density at radius 3 is 2.40 bits per heavy atom. The summed E-state index contributed by atoms with van der Waals surface area (Å²) in [6.07, 6.45) is 6.07. The van der Waals surface area contributed by atoms with Crippen LogP contribution in [0.3, 0.4) is 0 Å². The predicted molar refractivity (Wildman–Crippen MR) is 73.6 cm³/mol. The van der Waals surface area contributed by atoms with Crippen LogP contribution in [0.15, 0.2) is 17.0 Å². The Morgan fingerprint density at radius 2 is 1.80 bits per heavy atom. The van der Waals surface area contributed by atoms with Gasteiger partial charge in [0.05, 0.1) is 0 Å². The van der Waals surface area contributed by atoms with E-state index in [-0.39, 0.29) is 0 Å². The number of rotatable bonds is 0. The Hall–Kier alpha value is -0.560. The van der Waals surface area contributed by atoms with Crippen molar-refractivity contribution < 1.29 is 0 Å². The van der Waals surface area contributed by atoms with E-state index in [1.54, 1.807) is 4.88 Å². The molecule has 1 heteroatoms. The molecule has 0 nitrogen and oxygen atoms in total. The second kappa shape index (κ2) is 8.72. The molecule has 1 aliphatic carbocycles. The maximum Gasteiger partial charge on any atom is 0.0121 e. The summed E-state index contributed by atoms with van der Waals surface area (Å²) in [5, 5.41) is 2.18. The molecule has 1 aromatic rings. The van der Waals surface area contributed by atoms with Crippen molar-refractivity contribution in [2.24, 2.45) is 0 Å². The molecule has 0 amide bonds. The Balaban J connectivity index is 0.000000342. The minimum absolute atomic E-state index is 1.25. The molecular formula is C14H24S. The minimum atomic E-state index is 1.25. The first kappa shape index (κ1) is 14.4. The molecule has 1 aliphatic rings. The fraction of sp³-hybridized carbons (Fsp3) is 0.571. The standard InChI is InChI=1S/C9H10S.C3H8.C2H6/c1-7-2-3-9-8(6-7)4-5-10-9;1-3-2;1-2/h4-6H,2-3H2,1H3;3H2,1-2H3;1-2H3. The molecule has 0 N–H and O–H groups in total. The molecular weight excluding hydrogens is 200 g/mol. The fourth-order valence-electron chi connectivity index (χ4n) is 1.33. The van der Waals surface area contributed by atoms with Crippen LogP contribution in [-0.4, -0.2) is 0 Å². The molecule has 0 saturated carbocycles. The van der Waals surface area contributed by atoms with Crippen LogP contribution in [0.25, 0.3) is 6.08 Å². The lowest BCUT2D eigenvalue weighted by Gasteiger charge is -2.07. The highest BCUT2D eigenvalue weighted by atomic mass is 32.1. The molecule has 0 radical (unpaired) electrons. The average molecular weight is 224 g/mol. The zero-order valence-electron chi connectivity index (χ0n) is 10.8. The highest BCUT2D eigenvalue weighted by Gasteiger charge is 2.07. The normalized spacial score (nSPS) is 12.5. The first-order chi connectivity index (χ1) is 7.27. The molecule has 0 saturated heterocycles. The molecule has 0 unspecified atom stereocenters. The SMILES string of the molecule is CC.CC1=Cc2ccsc2CC1.CCC. The van der Waals surface area contributed by atoms with Gasteiger partial charge in [-0.2, -0.15) is 0 Å². The first-order valence-corrected chi connectivity index (χ1v) is 6.89. The lowest BCUT2D eigenvalue weighted by Crippen LogP contribution is -1.91. The molecule has 0 atom stereocenters. The molecule has 0 aliphatic heterocycles. The lowest BCUT2D eigenvalue weighted by atomic mass is 10.0. The molecule has 0 aromatic carbocycles. The van der Waals surface area contributed by atoms with Gasteiger partial charge < -0.3 is 0 Å². The zero-order valence-corrected chi connectivity index (χ0v) is 11.6. The fourth-order valence-corrected chi connectivity index (χ4v) is 2.19. The molecule has 1 heterocycles. The van der Waals surface area contributed by atoms with Gasteiger partial charge in [-0.3, -0.25) is 0 Å². The number of hydrogen-bond acceptors (Lipinski definition) is 1. The molecule has 86 valence electrons. The van der Waals surface area contributed by atoms with E-state index in [0.29, 0.717) is 0 Å². The number of thiophene rings is 1.